The molecule has 0 fully saturated rings. The number of carbonyl (C=O) groups is 2. The molecule has 6 nitrogen and oxygen atoms in total. The second kappa shape index (κ2) is 8.39. The van der Waals surface area contributed by atoms with Gasteiger partial charge < -0.3 is 10.6 Å². The maximum absolute atomic E-state index is 12.9. The number of nitrogens with one attached hydrogen (secondary N) is 2. The Morgan fingerprint density at radius 1 is 1.15 bits per heavy atom. The van der Waals surface area contributed by atoms with Gasteiger partial charge in [-0.25, -0.2) is 4.39 Å². The molecule has 2 amide bonds. The van der Waals surface area contributed by atoms with Gasteiger partial charge >= 0.3 is 11.8 Å². The molecule has 0 radical (unpaired) electrons. The van der Waals surface area contributed by atoms with Gasteiger partial charge in [0.1, 0.15) is 5.82 Å². The minimum Gasteiger partial charge on any atom is -0.345 e. The second-order valence-electron chi connectivity index (χ2n) is 5.58. The Kier molecular flexibility index (Phi) is 5.75. The van der Waals surface area contributed by atoms with Crippen molar-refractivity contribution in [3.63, 3.8) is 0 Å². The molecule has 0 spiro atoms. The Hall–Kier alpha value is -3.00. The summed E-state index contributed by atoms with van der Waals surface area (Å²) in [4.78, 5) is 24.0. The van der Waals surface area contributed by atoms with E-state index in [1.54, 1.807) is 40.4 Å². The second-order valence-corrected chi connectivity index (χ2v) is 6.36. The zero-order valence-corrected chi connectivity index (χ0v) is 14.6. The van der Waals surface area contributed by atoms with Crippen LogP contribution in [-0.4, -0.2) is 28.1 Å². The maximum Gasteiger partial charge on any atom is 0.309 e. The molecule has 26 heavy (non-hydrogen) atoms. The lowest BCUT2D eigenvalue weighted by atomic mass is 10.1. The van der Waals surface area contributed by atoms with Crippen molar-refractivity contribution in [2.45, 2.75) is 12.6 Å². The van der Waals surface area contributed by atoms with Gasteiger partial charge in [0.15, 0.2) is 0 Å². The van der Waals surface area contributed by atoms with Gasteiger partial charge in [0.05, 0.1) is 6.04 Å². The first-order valence-corrected chi connectivity index (χ1v) is 8.89. The first-order valence-electron chi connectivity index (χ1n) is 7.95. The van der Waals surface area contributed by atoms with Crippen molar-refractivity contribution in [1.82, 2.24) is 20.4 Å². The molecule has 1 atom stereocenters. The molecule has 0 aliphatic carbocycles. The van der Waals surface area contributed by atoms with Crippen molar-refractivity contribution in [3.8, 4) is 0 Å². The minimum atomic E-state index is -0.737. The Morgan fingerprint density at radius 2 is 1.92 bits per heavy atom. The highest BCUT2D eigenvalue weighted by Crippen LogP contribution is 2.19. The van der Waals surface area contributed by atoms with Gasteiger partial charge in [-0.2, -0.15) is 16.4 Å². The van der Waals surface area contributed by atoms with Crippen LogP contribution in [0.25, 0.3) is 0 Å². The molecule has 0 unspecified atom stereocenters. The van der Waals surface area contributed by atoms with Gasteiger partial charge in [0.2, 0.25) is 0 Å². The summed E-state index contributed by atoms with van der Waals surface area (Å²) in [6.45, 7) is 0.390. The van der Waals surface area contributed by atoms with Crippen LogP contribution >= 0.6 is 11.3 Å². The fourth-order valence-corrected chi connectivity index (χ4v) is 3.14. The van der Waals surface area contributed by atoms with E-state index < -0.39 is 11.8 Å². The Bertz CT molecular complexity index is 814. The smallest absolute Gasteiger partial charge is 0.309 e. The van der Waals surface area contributed by atoms with Gasteiger partial charge in [0, 0.05) is 25.5 Å². The summed E-state index contributed by atoms with van der Waals surface area (Å²) in [7, 11) is 0. The molecule has 2 heterocycles. The summed E-state index contributed by atoms with van der Waals surface area (Å²) in [6, 6.07) is 9.28. The van der Waals surface area contributed by atoms with Crippen LogP contribution < -0.4 is 10.6 Å². The molecule has 134 valence electrons. The van der Waals surface area contributed by atoms with E-state index in [-0.39, 0.29) is 24.9 Å². The van der Waals surface area contributed by atoms with Crippen molar-refractivity contribution in [2.75, 3.05) is 6.54 Å². The number of hydrogen-bond donors (Lipinski definition) is 2. The standard InChI is InChI=1S/C18H17FN4O2S/c19-15-4-2-13(3-5-15)10-20-17(24)18(25)21-11-16(14-6-9-26-12-14)23-8-1-7-22-23/h1-9,12,16H,10-11H2,(H,20,24)(H,21,25)/t16-/m0/s1. The van der Waals surface area contributed by atoms with Crippen LogP contribution in [0.5, 0.6) is 0 Å². The number of hydrogen-bond acceptors (Lipinski definition) is 4. The normalized spacial score (nSPS) is 11.7. The predicted molar refractivity (Wildman–Crippen MR) is 95.9 cm³/mol. The SMILES string of the molecule is O=C(NCc1ccc(F)cc1)C(=O)NC[C@@H](c1ccsc1)n1cccn1. The van der Waals surface area contributed by atoms with Crippen LogP contribution in [0.15, 0.2) is 59.6 Å². The number of benzene rings is 1. The van der Waals surface area contributed by atoms with Crippen LogP contribution in [0.1, 0.15) is 17.2 Å². The number of aromatic nitrogens is 2. The number of thiophene rings is 1. The number of carbonyl (C=O) groups excluding carboxylic acids is 2. The summed E-state index contributed by atoms with van der Waals surface area (Å²) in [5.41, 5.74) is 1.71. The highest BCUT2D eigenvalue weighted by Gasteiger charge is 2.19. The fourth-order valence-electron chi connectivity index (χ4n) is 2.43. The lowest BCUT2D eigenvalue weighted by Crippen LogP contribution is -2.42. The van der Waals surface area contributed by atoms with E-state index >= 15 is 0 Å². The third-order valence-corrected chi connectivity index (χ3v) is 4.50. The maximum atomic E-state index is 12.9. The highest BCUT2D eigenvalue weighted by molar-refractivity contribution is 7.08. The average Bonchev–Trinajstić information content (AvgIpc) is 3.35. The van der Waals surface area contributed by atoms with Crippen LogP contribution in [0.4, 0.5) is 4.39 Å². The van der Waals surface area contributed by atoms with Crippen molar-refractivity contribution < 1.29 is 14.0 Å². The van der Waals surface area contributed by atoms with E-state index in [0.717, 1.165) is 5.56 Å². The van der Waals surface area contributed by atoms with Crippen molar-refractivity contribution in [2.24, 2.45) is 0 Å². The summed E-state index contributed by atoms with van der Waals surface area (Å²) in [5.74, 6) is -1.81. The summed E-state index contributed by atoms with van der Waals surface area (Å²) in [6.07, 6.45) is 3.47. The van der Waals surface area contributed by atoms with Crippen LogP contribution in [0.2, 0.25) is 0 Å². The first-order chi connectivity index (χ1) is 12.6. The van der Waals surface area contributed by atoms with Crippen molar-refractivity contribution >= 4 is 23.2 Å². The molecule has 0 aliphatic rings. The molecular weight excluding hydrogens is 355 g/mol. The number of amides is 2. The summed E-state index contributed by atoms with van der Waals surface area (Å²) >= 11 is 1.55. The number of nitrogens with zero attached hydrogens (tertiary/aromatic N) is 2. The first kappa shape index (κ1) is 17.8. The van der Waals surface area contributed by atoms with Gasteiger partial charge in [0.25, 0.3) is 0 Å². The Morgan fingerprint density at radius 3 is 2.58 bits per heavy atom. The zero-order chi connectivity index (χ0) is 18.4. The van der Waals surface area contributed by atoms with E-state index in [1.807, 2.05) is 23.0 Å². The molecule has 0 saturated carbocycles. The topological polar surface area (TPSA) is 76.0 Å². The largest absolute Gasteiger partial charge is 0.345 e. The monoisotopic (exact) mass is 372 g/mol. The molecule has 8 heteroatoms. The van der Waals surface area contributed by atoms with Gasteiger partial charge in [-0.05, 0) is 46.2 Å². The van der Waals surface area contributed by atoms with E-state index in [2.05, 4.69) is 15.7 Å². The molecule has 2 N–H and O–H groups in total. The Balaban J connectivity index is 1.54. The van der Waals surface area contributed by atoms with E-state index in [4.69, 9.17) is 0 Å². The van der Waals surface area contributed by atoms with Crippen molar-refractivity contribution in [1.29, 1.82) is 0 Å². The summed E-state index contributed by atoms with van der Waals surface area (Å²) in [5, 5.41) is 13.3. The zero-order valence-electron chi connectivity index (χ0n) is 13.8. The average molecular weight is 372 g/mol. The predicted octanol–water partition coefficient (Wildman–Crippen LogP) is 2.11. The molecular formula is C18H17FN4O2S. The third-order valence-electron chi connectivity index (χ3n) is 3.80. The number of halogens is 1. The lowest BCUT2D eigenvalue weighted by molar-refractivity contribution is -0.139. The highest BCUT2D eigenvalue weighted by atomic mass is 32.1. The fraction of sp³-hybridized carbons (Fsp3) is 0.167. The van der Waals surface area contributed by atoms with Crippen molar-refractivity contribution in [3.05, 3.63) is 76.5 Å². The van der Waals surface area contributed by atoms with Gasteiger partial charge in [-0.3, -0.25) is 14.3 Å². The van der Waals surface area contributed by atoms with Crippen LogP contribution in [0.3, 0.4) is 0 Å². The van der Waals surface area contributed by atoms with E-state index in [9.17, 15) is 14.0 Å². The molecule has 2 aromatic heterocycles. The van der Waals surface area contributed by atoms with Crippen LogP contribution in [0, 0.1) is 5.82 Å². The Labute approximate surface area is 153 Å². The van der Waals surface area contributed by atoms with Gasteiger partial charge in [-0.1, -0.05) is 12.1 Å². The molecule has 1 aromatic carbocycles. The summed E-state index contributed by atoms with van der Waals surface area (Å²) < 4.78 is 14.6. The van der Waals surface area contributed by atoms with E-state index in [1.165, 1.54) is 12.1 Å². The molecule has 3 rings (SSSR count). The third kappa shape index (κ3) is 4.54. The molecule has 3 aromatic rings. The number of rotatable bonds is 6. The van der Waals surface area contributed by atoms with E-state index in [0.29, 0.717) is 5.56 Å². The molecule has 0 saturated heterocycles. The van der Waals surface area contributed by atoms with Crippen LogP contribution in [-0.2, 0) is 16.1 Å². The lowest BCUT2D eigenvalue weighted by Gasteiger charge is -2.17. The van der Waals surface area contributed by atoms with Gasteiger partial charge in [-0.15, -0.1) is 0 Å². The minimum absolute atomic E-state index is 0.152. The quantitative estimate of drug-likeness (QED) is 0.651. The molecule has 0 aliphatic heterocycles. The molecule has 0 bridgehead atoms.